The first-order chi connectivity index (χ1) is 13.2. The average Bonchev–Trinajstić information content (AvgIpc) is 3.37. The number of hydrogen-bond donors (Lipinski definition) is 0. The first-order valence-electron chi connectivity index (χ1n) is 8.81. The third-order valence-corrected chi connectivity index (χ3v) is 4.68. The second kappa shape index (κ2) is 7.61. The van der Waals surface area contributed by atoms with E-state index in [4.69, 9.17) is 4.42 Å². The van der Waals surface area contributed by atoms with Gasteiger partial charge in [-0.15, -0.1) is 10.2 Å². The van der Waals surface area contributed by atoms with Crippen molar-refractivity contribution in [1.82, 2.24) is 25.1 Å². The van der Waals surface area contributed by atoms with Crippen LogP contribution in [0.2, 0.25) is 0 Å². The lowest BCUT2D eigenvalue weighted by atomic mass is 10.1. The third kappa shape index (κ3) is 3.84. The van der Waals surface area contributed by atoms with Gasteiger partial charge < -0.3 is 9.32 Å². The Morgan fingerprint density at radius 1 is 1.26 bits per heavy atom. The molecule has 3 heterocycles. The summed E-state index contributed by atoms with van der Waals surface area (Å²) in [6.07, 6.45) is 6.12. The van der Waals surface area contributed by atoms with Crippen molar-refractivity contribution >= 4 is 5.91 Å². The first-order valence-corrected chi connectivity index (χ1v) is 8.81. The summed E-state index contributed by atoms with van der Waals surface area (Å²) in [6, 6.07) is 6.54. The Balaban J connectivity index is 1.35. The van der Waals surface area contributed by atoms with Crippen LogP contribution < -0.4 is 0 Å². The van der Waals surface area contributed by atoms with Gasteiger partial charge in [-0.2, -0.15) is 0 Å². The highest BCUT2D eigenvalue weighted by Gasteiger charge is 2.31. The van der Waals surface area contributed by atoms with Crippen molar-refractivity contribution in [2.24, 2.45) is 0 Å². The van der Waals surface area contributed by atoms with E-state index >= 15 is 0 Å². The lowest BCUT2D eigenvalue weighted by Crippen LogP contribution is -2.28. The molecule has 0 bridgehead atoms. The lowest BCUT2D eigenvalue weighted by Gasteiger charge is -2.15. The summed E-state index contributed by atoms with van der Waals surface area (Å²) in [4.78, 5) is 22.4. The minimum Gasteiger partial charge on any atom is -0.419 e. The van der Waals surface area contributed by atoms with Gasteiger partial charge in [0.25, 0.3) is 5.89 Å². The van der Waals surface area contributed by atoms with Gasteiger partial charge in [0.2, 0.25) is 11.8 Å². The van der Waals surface area contributed by atoms with Gasteiger partial charge in [0.05, 0.1) is 12.1 Å². The number of carbonyl (C=O) groups is 1. The zero-order chi connectivity index (χ0) is 18.6. The second-order valence-electron chi connectivity index (χ2n) is 6.45. The normalized spacial score (nSPS) is 16.6. The number of nitrogens with zero attached hydrogens (tertiary/aromatic N) is 5. The number of aryl methyl sites for hydroxylation is 1. The van der Waals surface area contributed by atoms with Crippen LogP contribution >= 0.6 is 0 Å². The minimum atomic E-state index is -0.271. The molecule has 1 aliphatic heterocycles. The summed E-state index contributed by atoms with van der Waals surface area (Å²) in [5, 5.41) is 8.12. The molecular weight excluding hydrogens is 349 g/mol. The number of rotatable bonds is 5. The van der Waals surface area contributed by atoms with Crippen LogP contribution in [-0.4, -0.2) is 44.1 Å². The SMILES string of the molecule is O=C(CCc1ccccc1F)N1CC[C@@H](c2nnc(-c3cnccn3)o2)C1. The zero-order valence-electron chi connectivity index (χ0n) is 14.6. The van der Waals surface area contributed by atoms with Crippen molar-refractivity contribution < 1.29 is 13.6 Å². The molecule has 1 aromatic carbocycles. The number of likely N-dealkylation sites (tertiary alicyclic amines) is 1. The molecule has 1 saturated heterocycles. The fourth-order valence-corrected chi connectivity index (χ4v) is 3.20. The van der Waals surface area contributed by atoms with Gasteiger partial charge in [0.15, 0.2) is 0 Å². The maximum atomic E-state index is 13.7. The Kier molecular flexibility index (Phi) is 4.86. The van der Waals surface area contributed by atoms with Gasteiger partial charge in [-0.3, -0.25) is 9.78 Å². The van der Waals surface area contributed by atoms with Crippen molar-refractivity contribution in [3.8, 4) is 11.6 Å². The molecule has 27 heavy (non-hydrogen) atoms. The fourth-order valence-electron chi connectivity index (χ4n) is 3.20. The van der Waals surface area contributed by atoms with Crippen molar-refractivity contribution in [2.45, 2.75) is 25.2 Å². The Hall–Kier alpha value is -3.16. The summed E-state index contributed by atoms with van der Waals surface area (Å²) in [6.45, 7) is 1.15. The molecule has 0 radical (unpaired) electrons. The number of hydrogen-bond acceptors (Lipinski definition) is 6. The van der Waals surface area contributed by atoms with Crippen LogP contribution in [0.25, 0.3) is 11.6 Å². The third-order valence-electron chi connectivity index (χ3n) is 4.68. The molecule has 1 fully saturated rings. The van der Waals surface area contributed by atoms with Crippen LogP contribution in [0.5, 0.6) is 0 Å². The number of amides is 1. The monoisotopic (exact) mass is 367 g/mol. The highest BCUT2D eigenvalue weighted by molar-refractivity contribution is 5.76. The number of aromatic nitrogens is 4. The molecule has 138 valence electrons. The van der Waals surface area contributed by atoms with Gasteiger partial charge >= 0.3 is 0 Å². The quantitative estimate of drug-likeness (QED) is 0.689. The fraction of sp³-hybridized carbons (Fsp3) is 0.316. The molecule has 4 rings (SSSR count). The largest absolute Gasteiger partial charge is 0.419 e. The maximum absolute atomic E-state index is 13.7. The van der Waals surface area contributed by atoms with Gasteiger partial charge in [0, 0.05) is 31.9 Å². The van der Waals surface area contributed by atoms with E-state index < -0.39 is 0 Å². The first kappa shape index (κ1) is 17.3. The van der Waals surface area contributed by atoms with E-state index in [0.717, 1.165) is 6.42 Å². The molecule has 0 spiro atoms. The Labute approximate surface area is 155 Å². The van der Waals surface area contributed by atoms with E-state index in [1.54, 1.807) is 41.7 Å². The van der Waals surface area contributed by atoms with Crippen molar-refractivity contribution in [3.05, 3.63) is 60.1 Å². The second-order valence-corrected chi connectivity index (χ2v) is 6.45. The Morgan fingerprint density at radius 2 is 2.15 bits per heavy atom. The molecule has 0 unspecified atom stereocenters. The molecule has 0 aliphatic carbocycles. The molecule has 3 aromatic rings. The van der Waals surface area contributed by atoms with Gasteiger partial charge in [0.1, 0.15) is 11.5 Å². The molecule has 1 atom stereocenters. The predicted molar refractivity (Wildman–Crippen MR) is 94.0 cm³/mol. The molecule has 0 N–H and O–H groups in total. The molecule has 1 amide bonds. The van der Waals surface area contributed by atoms with Crippen LogP contribution in [-0.2, 0) is 11.2 Å². The van der Waals surface area contributed by atoms with Crippen molar-refractivity contribution in [2.75, 3.05) is 13.1 Å². The van der Waals surface area contributed by atoms with Crippen LogP contribution in [0.15, 0.2) is 47.3 Å². The molecule has 0 saturated carbocycles. The van der Waals surface area contributed by atoms with Crippen molar-refractivity contribution in [3.63, 3.8) is 0 Å². The summed E-state index contributed by atoms with van der Waals surface area (Å²) in [5.41, 5.74) is 1.08. The predicted octanol–water partition coefficient (Wildman–Crippen LogP) is 2.61. The summed E-state index contributed by atoms with van der Waals surface area (Å²) in [5.74, 6) is 0.559. The molecular formula is C19H18FN5O2. The average molecular weight is 367 g/mol. The molecule has 1 aliphatic rings. The lowest BCUT2D eigenvalue weighted by molar-refractivity contribution is -0.130. The summed E-state index contributed by atoms with van der Waals surface area (Å²) in [7, 11) is 0. The van der Waals surface area contributed by atoms with Crippen LogP contribution in [0, 0.1) is 5.82 Å². The summed E-state index contributed by atoms with van der Waals surface area (Å²) >= 11 is 0. The standard InChI is InChI=1S/C19H18FN5O2/c20-15-4-2-1-3-13(15)5-6-17(26)25-10-7-14(12-25)18-23-24-19(27-18)16-11-21-8-9-22-16/h1-4,8-9,11,14H,5-7,10,12H2/t14-/m1/s1. The smallest absolute Gasteiger partial charge is 0.267 e. The number of halogens is 1. The molecule has 8 heteroatoms. The van der Waals surface area contributed by atoms with Gasteiger partial charge in [-0.25, -0.2) is 9.37 Å². The number of carbonyl (C=O) groups excluding carboxylic acids is 1. The maximum Gasteiger partial charge on any atom is 0.267 e. The highest BCUT2D eigenvalue weighted by atomic mass is 19.1. The van der Waals surface area contributed by atoms with Crippen molar-refractivity contribution in [1.29, 1.82) is 0 Å². The van der Waals surface area contributed by atoms with Crippen LogP contribution in [0.4, 0.5) is 4.39 Å². The minimum absolute atomic E-state index is 0.000308. The Bertz CT molecular complexity index is 931. The van der Waals surface area contributed by atoms with Gasteiger partial charge in [-0.05, 0) is 24.5 Å². The van der Waals surface area contributed by atoms with E-state index in [2.05, 4.69) is 20.2 Å². The molecule has 2 aromatic heterocycles. The number of benzene rings is 1. The van der Waals surface area contributed by atoms with E-state index in [1.807, 2.05) is 0 Å². The van der Waals surface area contributed by atoms with E-state index in [0.29, 0.717) is 42.5 Å². The van der Waals surface area contributed by atoms with E-state index in [1.165, 1.54) is 6.07 Å². The Morgan fingerprint density at radius 3 is 2.96 bits per heavy atom. The van der Waals surface area contributed by atoms with E-state index in [9.17, 15) is 9.18 Å². The van der Waals surface area contributed by atoms with Crippen LogP contribution in [0.3, 0.4) is 0 Å². The summed E-state index contributed by atoms with van der Waals surface area (Å²) < 4.78 is 19.4. The van der Waals surface area contributed by atoms with Gasteiger partial charge in [-0.1, -0.05) is 18.2 Å². The topological polar surface area (TPSA) is 85.0 Å². The van der Waals surface area contributed by atoms with Crippen LogP contribution in [0.1, 0.15) is 30.2 Å². The highest BCUT2D eigenvalue weighted by Crippen LogP contribution is 2.28. The molecule has 7 nitrogen and oxygen atoms in total. The van der Waals surface area contributed by atoms with E-state index in [-0.39, 0.29) is 24.1 Å². The zero-order valence-corrected chi connectivity index (χ0v) is 14.6.